The summed E-state index contributed by atoms with van der Waals surface area (Å²) in [5.74, 6) is -1.78. The van der Waals surface area contributed by atoms with Crippen LogP contribution in [0.25, 0.3) is 0 Å². The number of ether oxygens (including phenoxy) is 1. The Morgan fingerprint density at radius 3 is 2.81 bits per heavy atom. The van der Waals surface area contributed by atoms with Gasteiger partial charge in [-0.2, -0.15) is 0 Å². The molecule has 1 aromatic rings. The second-order valence-electron chi connectivity index (χ2n) is 6.17. The molecule has 1 unspecified atom stereocenters. The Morgan fingerprint density at radius 1 is 1.50 bits per heavy atom. The van der Waals surface area contributed by atoms with Crippen molar-refractivity contribution in [2.24, 2.45) is 5.92 Å². The number of aliphatic hydroxyl groups is 1. The third-order valence-electron chi connectivity index (χ3n) is 4.63. The first-order valence-corrected chi connectivity index (χ1v) is 8.96. The standard InChI is InChI=1S/C18H22Cl2N2O4/c1-4-8-26-16(24)11(2)18(22(3)6-5-7-23)13-9-12(19)10-14(20)15(13)21-17(18)25/h4,9-11,23H,1,5-8H2,2-3H3,(H,21,25)/t11?,18-/m1/s1. The molecule has 26 heavy (non-hydrogen) atoms. The Morgan fingerprint density at radius 2 is 2.19 bits per heavy atom. The van der Waals surface area contributed by atoms with E-state index in [1.54, 1.807) is 24.9 Å². The number of aliphatic hydroxyl groups excluding tert-OH is 1. The summed E-state index contributed by atoms with van der Waals surface area (Å²) < 4.78 is 5.19. The van der Waals surface area contributed by atoms with E-state index in [9.17, 15) is 14.7 Å². The highest BCUT2D eigenvalue weighted by Gasteiger charge is 2.57. The maximum Gasteiger partial charge on any atom is 0.311 e. The number of hydrogen-bond donors (Lipinski definition) is 2. The molecule has 1 aliphatic rings. The maximum absolute atomic E-state index is 13.1. The van der Waals surface area contributed by atoms with Gasteiger partial charge < -0.3 is 15.2 Å². The molecule has 2 rings (SSSR count). The number of rotatable bonds is 8. The summed E-state index contributed by atoms with van der Waals surface area (Å²) in [4.78, 5) is 27.4. The molecule has 0 saturated carbocycles. The van der Waals surface area contributed by atoms with Crippen LogP contribution in [0.15, 0.2) is 24.8 Å². The van der Waals surface area contributed by atoms with Crippen LogP contribution in [0.4, 0.5) is 5.69 Å². The molecular formula is C18H22Cl2N2O4. The molecule has 2 N–H and O–H groups in total. The van der Waals surface area contributed by atoms with Crippen molar-refractivity contribution in [3.05, 3.63) is 40.4 Å². The summed E-state index contributed by atoms with van der Waals surface area (Å²) in [7, 11) is 1.72. The van der Waals surface area contributed by atoms with Crippen molar-refractivity contribution < 1.29 is 19.4 Å². The fourth-order valence-electron chi connectivity index (χ4n) is 3.39. The number of amides is 1. The predicted octanol–water partition coefficient (Wildman–Crippen LogP) is 2.82. The van der Waals surface area contributed by atoms with Crippen molar-refractivity contribution in [2.75, 3.05) is 32.1 Å². The highest BCUT2D eigenvalue weighted by Crippen LogP contribution is 2.49. The zero-order valence-electron chi connectivity index (χ0n) is 14.7. The van der Waals surface area contributed by atoms with E-state index in [-0.39, 0.29) is 19.1 Å². The molecule has 2 atom stereocenters. The Kier molecular flexibility index (Phi) is 6.69. The summed E-state index contributed by atoms with van der Waals surface area (Å²) >= 11 is 12.4. The van der Waals surface area contributed by atoms with E-state index in [0.29, 0.717) is 34.3 Å². The van der Waals surface area contributed by atoms with Gasteiger partial charge in [-0.15, -0.1) is 0 Å². The lowest BCUT2D eigenvalue weighted by molar-refractivity contribution is -0.156. The van der Waals surface area contributed by atoms with Gasteiger partial charge in [-0.05, 0) is 32.5 Å². The largest absolute Gasteiger partial charge is 0.461 e. The van der Waals surface area contributed by atoms with Gasteiger partial charge in [-0.3, -0.25) is 14.5 Å². The zero-order chi connectivity index (χ0) is 19.5. The van der Waals surface area contributed by atoms with Gasteiger partial charge in [-0.1, -0.05) is 35.9 Å². The molecule has 8 heteroatoms. The van der Waals surface area contributed by atoms with Crippen LogP contribution in [0.1, 0.15) is 18.9 Å². The molecular weight excluding hydrogens is 379 g/mol. The van der Waals surface area contributed by atoms with Crippen LogP contribution in [0.2, 0.25) is 10.0 Å². The van der Waals surface area contributed by atoms with E-state index in [2.05, 4.69) is 11.9 Å². The normalized spacial score (nSPS) is 19.8. The molecule has 142 valence electrons. The summed E-state index contributed by atoms with van der Waals surface area (Å²) in [5, 5.41) is 12.6. The highest BCUT2D eigenvalue weighted by atomic mass is 35.5. The first-order valence-electron chi connectivity index (χ1n) is 8.21. The number of esters is 1. The molecule has 0 bridgehead atoms. The summed E-state index contributed by atoms with van der Waals surface area (Å²) in [5.41, 5.74) is -0.402. The van der Waals surface area contributed by atoms with Crippen LogP contribution < -0.4 is 5.32 Å². The van der Waals surface area contributed by atoms with Crippen LogP contribution in [-0.2, 0) is 19.9 Å². The van der Waals surface area contributed by atoms with E-state index >= 15 is 0 Å². The Labute approximate surface area is 162 Å². The third kappa shape index (κ3) is 3.47. The molecule has 0 aliphatic carbocycles. The topological polar surface area (TPSA) is 78.9 Å². The van der Waals surface area contributed by atoms with E-state index in [1.165, 1.54) is 12.1 Å². The fourth-order valence-corrected chi connectivity index (χ4v) is 3.93. The zero-order valence-corrected chi connectivity index (χ0v) is 16.2. The second-order valence-corrected chi connectivity index (χ2v) is 7.01. The van der Waals surface area contributed by atoms with E-state index in [1.807, 2.05) is 0 Å². The Hall–Kier alpha value is -1.60. The molecule has 1 aromatic carbocycles. The average Bonchev–Trinajstić information content (AvgIpc) is 2.90. The van der Waals surface area contributed by atoms with Crippen LogP contribution >= 0.6 is 23.2 Å². The SMILES string of the molecule is C=CCOC(=O)C(C)[C@]1(N(C)CCCO)C(=O)Nc2c(Cl)cc(Cl)cc21. The summed E-state index contributed by atoms with van der Waals surface area (Å²) in [6, 6.07) is 3.17. The number of carbonyl (C=O) groups excluding carboxylic acids is 2. The molecule has 0 aromatic heterocycles. The van der Waals surface area contributed by atoms with E-state index in [0.717, 1.165) is 0 Å². The first-order chi connectivity index (χ1) is 12.3. The number of nitrogens with zero attached hydrogens (tertiary/aromatic N) is 1. The molecule has 1 amide bonds. The van der Waals surface area contributed by atoms with Crippen LogP contribution in [-0.4, -0.2) is 48.7 Å². The molecule has 0 spiro atoms. The number of hydrogen-bond acceptors (Lipinski definition) is 5. The van der Waals surface area contributed by atoms with E-state index in [4.69, 9.17) is 27.9 Å². The molecule has 0 saturated heterocycles. The van der Waals surface area contributed by atoms with Crippen LogP contribution in [0.3, 0.4) is 0 Å². The van der Waals surface area contributed by atoms with Crippen molar-refractivity contribution in [3.63, 3.8) is 0 Å². The van der Waals surface area contributed by atoms with Gasteiger partial charge in [0.05, 0.1) is 16.6 Å². The van der Waals surface area contributed by atoms with Crippen molar-refractivity contribution in [2.45, 2.75) is 18.9 Å². The minimum Gasteiger partial charge on any atom is -0.461 e. The molecule has 0 fully saturated rings. The van der Waals surface area contributed by atoms with Gasteiger partial charge in [0.15, 0.2) is 0 Å². The van der Waals surface area contributed by atoms with Gasteiger partial charge in [0, 0.05) is 23.7 Å². The number of fused-ring (bicyclic) bond motifs is 1. The minimum atomic E-state index is -1.35. The smallest absolute Gasteiger partial charge is 0.311 e. The number of likely N-dealkylation sites (N-methyl/N-ethyl adjacent to an activating group) is 1. The lowest BCUT2D eigenvalue weighted by atomic mass is 9.78. The maximum atomic E-state index is 13.1. The van der Waals surface area contributed by atoms with Crippen molar-refractivity contribution in [3.8, 4) is 0 Å². The Balaban J connectivity index is 2.61. The van der Waals surface area contributed by atoms with Gasteiger partial charge in [-0.25, -0.2) is 0 Å². The lowest BCUT2D eigenvalue weighted by Gasteiger charge is -2.40. The highest BCUT2D eigenvalue weighted by molar-refractivity contribution is 6.38. The van der Waals surface area contributed by atoms with Gasteiger partial charge in [0.2, 0.25) is 0 Å². The number of benzene rings is 1. The fraction of sp³-hybridized carbons (Fsp3) is 0.444. The number of anilines is 1. The predicted molar refractivity (Wildman–Crippen MR) is 101 cm³/mol. The third-order valence-corrected chi connectivity index (χ3v) is 5.14. The summed E-state index contributed by atoms with van der Waals surface area (Å²) in [6.45, 7) is 5.54. The van der Waals surface area contributed by atoms with Crippen molar-refractivity contribution >= 4 is 40.8 Å². The number of halogens is 2. The molecule has 1 heterocycles. The second kappa shape index (κ2) is 8.39. The van der Waals surface area contributed by atoms with Crippen LogP contribution in [0, 0.1) is 5.92 Å². The lowest BCUT2D eigenvalue weighted by Crippen LogP contribution is -2.56. The number of nitrogens with one attached hydrogen (secondary N) is 1. The molecule has 0 radical (unpaired) electrons. The van der Waals surface area contributed by atoms with Crippen molar-refractivity contribution in [1.29, 1.82) is 0 Å². The van der Waals surface area contributed by atoms with E-state index < -0.39 is 17.4 Å². The van der Waals surface area contributed by atoms with Gasteiger partial charge in [0.25, 0.3) is 5.91 Å². The number of carbonyl (C=O) groups is 2. The van der Waals surface area contributed by atoms with Crippen molar-refractivity contribution in [1.82, 2.24) is 4.90 Å². The monoisotopic (exact) mass is 400 g/mol. The summed E-state index contributed by atoms with van der Waals surface area (Å²) in [6.07, 6.45) is 1.90. The first kappa shape index (κ1) is 20.7. The van der Waals surface area contributed by atoms with Gasteiger partial charge >= 0.3 is 5.97 Å². The minimum absolute atomic E-state index is 0.0412. The molecule has 6 nitrogen and oxygen atoms in total. The Bertz CT molecular complexity index is 725. The van der Waals surface area contributed by atoms with Gasteiger partial charge in [0.1, 0.15) is 12.1 Å². The average molecular weight is 401 g/mol. The quantitative estimate of drug-likeness (QED) is 0.518. The van der Waals surface area contributed by atoms with Crippen LogP contribution in [0.5, 0.6) is 0 Å². The molecule has 1 aliphatic heterocycles.